The maximum absolute atomic E-state index is 12.5. The Labute approximate surface area is 189 Å². The van der Waals surface area contributed by atoms with E-state index in [1.807, 2.05) is 23.1 Å². The van der Waals surface area contributed by atoms with E-state index in [9.17, 15) is 10.1 Å². The van der Waals surface area contributed by atoms with Gasteiger partial charge in [-0.2, -0.15) is 5.26 Å². The van der Waals surface area contributed by atoms with Crippen molar-refractivity contribution in [2.24, 2.45) is 0 Å². The van der Waals surface area contributed by atoms with Crippen molar-refractivity contribution in [3.05, 3.63) is 54.4 Å². The summed E-state index contributed by atoms with van der Waals surface area (Å²) in [7, 11) is 1.49. The molecule has 1 saturated heterocycles. The summed E-state index contributed by atoms with van der Waals surface area (Å²) in [4.78, 5) is 24.4. The van der Waals surface area contributed by atoms with Gasteiger partial charge >= 0.3 is 0 Å². The third kappa shape index (κ3) is 4.01. The van der Waals surface area contributed by atoms with Gasteiger partial charge in [-0.15, -0.1) is 0 Å². The lowest BCUT2D eigenvalue weighted by Crippen LogP contribution is -2.31. The summed E-state index contributed by atoms with van der Waals surface area (Å²) in [6, 6.07) is 9.50. The molecule has 1 unspecified atom stereocenters. The number of ether oxygens (including phenoxy) is 3. The topological polar surface area (TPSA) is 114 Å². The third-order valence-electron chi connectivity index (χ3n) is 5.64. The fourth-order valence-electron chi connectivity index (χ4n) is 4.05. The van der Waals surface area contributed by atoms with Crippen molar-refractivity contribution in [1.82, 2.24) is 14.9 Å². The second-order valence-electron chi connectivity index (χ2n) is 7.65. The molecule has 0 spiro atoms. The number of likely N-dealkylation sites (tertiary alicyclic amines) is 1. The molecule has 1 amide bonds. The lowest BCUT2D eigenvalue weighted by molar-refractivity contribution is 0.0766. The standard InChI is InChI=1S/C23H21N5O5/c1-30-22-15(10-24)8-16(11-25-22)28-6-7-32-21-3-2-17(9-20(21)28)33-18-4-5-27(12-18)23(29)19-13-31-14-26-19/h2-3,8-9,11,13-14,18H,4-7,12H2,1H3. The minimum Gasteiger partial charge on any atom is -0.490 e. The molecule has 1 fully saturated rings. The summed E-state index contributed by atoms with van der Waals surface area (Å²) < 4.78 is 22.1. The number of hydrogen-bond acceptors (Lipinski definition) is 9. The molecule has 0 N–H and O–H groups in total. The quantitative estimate of drug-likeness (QED) is 0.582. The van der Waals surface area contributed by atoms with Gasteiger partial charge in [-0.3, -0.25) is 4.79 Å². The number of hydrogen-bond donors (Lipinski definition) is 0. The van der Waals surface area contributed by atoms with Gasteiger partial charge in [0.25, 0.3) is 5.91 Å². The van der Waals surface area contributed by atoms with Crippen LogP contribution in [0.1, 0.15) is 22.5 Å². The molecule has 1 aromatic carbocycles. The predicted molar refractivity (Wildman–Crippen MR) is 116 cm³/mol. The molecule has 3 aromatic rings. The fraction of sp³-hybridized carbons (Fsp3) is 0.304. The summed E-state index contributed by atoms with van der Waals surface area (Å²) >= 11 is 0. The number of benzene rings is 1. The normalized spacial score (nSPS) is 17.2. The van der Waals surface area contributed by atoms with E-state index < -0.39 is 0 Å². The largest absolute Gasteiger partial charge is 0.490 e. The molecule has 0 radical (unpaired) electrons. The SMILES string of the molecule is COc1ncc(N2CCOc3ccc(OC4CCN(C(=O)c5cocn5)C4)cc32)cc1C#N. The van der Waals surface area contributed by atoms with Crippen LogP contribution < -0.4 is 19.1 Å². The minimum absolute atomic E-state index is 0.135. The molecule has 4 heterocycles. The smallest absolute Gasteiger partial charge is 0.275 e. The van der Waals surface area contributed by atoms with Crippen molar-refractivity contribution in [2.75, 3.05) is 38.3 Å². The lowest BCUT2D eigenvalue weighted by atomic mass is 10.2. The van der Waals surface area contributed by atoms with Gasteiger partial charge in [0, 0.05) is 19.0 Å². The molecule has 10 heteroatoms. The highest BCUT2D eigenvalue weighted by Crippen LogP contribution is 2.40. The average molecular weight is 447 g/mol. The number of carbonyl (C=O) groups is 1. The van der Waals surface area contributed by atoms with Gasteiger partial charge in [-0.05, 0) is 18.2 Å². The zero-order chi connectivity index (χ0) is 22.8. The highest BCUT2D eigenvalue weighted by Gasteiger charge is 2.30. The van der Waals surface area contributed by atoms with Gasteiger partial charge in [0.2, 0.25) is 5.88 Å². The lowest BCUT2D eigenvalue weighted by Gasteiger charge is -2.31. The molecule has 2 aliphatic heterocycles. The van der Waals surface area contributed by atoms with E-state index in [-0.39, 0.29) is 17.9 Å². The van der Waals surface area contributed by atoms with E-state index in [1.165, 1.54) is 19.8 Å². The van der Waals surface area contributed by atoms with Crippen LogP contribution >= 0.6 is 0 Å². The molecule has 2 aliphatic rings. The number of pyridine rings is 1. The number of nitriles is 1. The molecule has 0 saturated carbocycles. The summed E-state index contributed by atoms with van der Waals surface area (Å²) in [5, 5.41) is 9.42. The van der Waals surface area contributed by atoms with Gasteiger partial charge < -0.3 is 28.4 Å². The first kappa shape index (κ1) is 20.6. The Morgan fingerprint density at radius 1 is 1.27 bits per heavy atom. The summed E-state index contributed by atoms with van der Waals surface area (Å²) in [6.07, 6.45) is 4.85. The molecule has 33 heavy (non-hydrogen) atoms. The molecule has 0 bridgehead atoms. The number of rotatable bonds is 5. The van der Waals surface area contributed by atoms with E-state index in [4.69, 9.17) is 18.6 Å². The highest BCUT2D eigenvalue weighted by molar-refractivity contribution is 5.92. The molecule has 10 nitrogen and oxygen atoms in total. The van der Waals surface area contributed by atoms with Crippen LogP contribution in [-0.4, -0.2) is 60.2 Å². The zero-order valence-corrected chi connectivity index (χ0v) is 17.9. The zero-order valence-electron chi connectivity index (χ0n) is 17.9. The number of nitrogens with zero attached hydrogens (tertiary/aromatic N) is 5. The second kappa shape index (κ2) is 8.70. The first-order valence-electron chi connectivity index (χ1n) is 10.5. The Bertz CT molecular complexity index is 1210. The van der Waals surface area contributed by atoms with Crippen LogP contribution in [0, 0.1) is 11.3 Å². The van der Waals surface area contributed by atoms with Crippen LogP contribution in [-0.2, 0) is 0 Å². The van der Waals surface area contributed by atoms with E-state index in [0.717, 1.165) is 23.5 Å². The number of anilines is 2. The number of methoxy groups -OCH3 is 1. The molecule has 168 valence electrons. The van der Waals surface area contributed by atoms with Crippen LogP contribution in [0.15, 0.2) is 47.5 Å². The number of oxazole rings is 1. The van der Waals surface area contributed by atoms with Gasteiger partial charge in [0.15, 0.2) is 12.1 Å². The van der Waals surface area contributed by atoms with Crippen molar-refractivity contribution in [1.29, 1.82) is 5.26 Å². The number of carbonyl (C=O) groups excluding carboxylic acids is 1. The van der Waals surface area contributed by atoms with Crippen molar-refractivity contribution >= 4 is 17.3 Å². The Kier molecular flexibility index (Phi) is 5.44. The molecule has 5 rings (SSSR count). The number of aromatic nitrogens is 2. The van der Waals surface area contributed by atoms with Gasteiger partial charge in [0.05, 0.1) is 37.8 Å². The molecular weight excluding hydrogens is 426 g/mol. The number of amides is 1. The van der Waals surface area contributed by atoms with Gasteiger partial charge in [-0.25, -0.2) is 9.97 Å². The van der Waals surface area contributed by atoms with Crippen LogP contribution in [0.4, 0.5) is 11.4 Å². The average Bonchev–Trinajstić information content (AvgIpc) is 3.55. The van der Waals surface area contributed by atoms with Crippen LogP contribution in [0.3, 0.4) is 0 Å². The van der Waals surface area contributed by atoms with Crippen molar-refractivity contribution in [2.45, 2.75) is 12.5 Å². The summed E-state index contributed by atoms with van der Waals surface area (Å²) in [5.74, 6) is 1.52. The summed E-state index contributed by atoms with van der Waals surface area (Å²) in [6.45, 7) is 2.16. The Morgan fingerprint density at radius 2 is 2.18 bits per heavy atom. The minimum atomic E-state index is -0.167. The van der Waals surface area contributed by atoms with E-state index in [1.54, 1.807) is 17.2 Å². The van der Waals surface area contributed by atoms with Crippen molar-refractivity contribution < 1.29 is 23.4 Å². The van der Waals surface area contributed by atoms with Crippen LogP contribution in [0.2, 0.25) is 0 Å². The third-order valence-corrected chi connectivity index (χ3v) is 5.64. The van der Waals surface area contributed by atoms with Crippen LogP contribution in [0.5, 0.6) is 17.4 Å². The first-order chi connectivity index (χ1) is 16.2. The maximum Gasteiger partial charge on any atom is 0.275 e. The van der Waals surface area contributed by atoms with Crippen LogP contribution in [0.25, 0.3) is 0 Å². The number of fused-ring (bicyclic) bond motifs is 1. The fourth-order valence-corrected chi connectivity index (χ4v) is 4.05. The van der Waals surface area contributed by atoms with E-state index in [2.05, 4.69) is 16.0 Å². The Hall–Kier alpha value is -4.26. The maximum atomic E-state index is 12.5. The van der Waals surface area contributed by atoms with Gasteiger partial charge in [0.1, 0.15) is 42.1 Å². The monoisotopic (exact) mass is 447 g/mol. The summed E-state index contributed by atoms with van der Waals surface area (Å²) in [5.41, 5.74) is 2.24. The molecule has 1 atom stereocenters. The predicted octanol–water partition coefficient (Wildman–Crippen LogP) is 2.77. The highest BCUT2D eigenvalue weighted by atomic mass is 16.5. The molecular formula is C23H21N5O5. The van der Waals surface area contributed by atoms with Gasteiger partial charge in [-0.1, -0.05) is 0 Å². The van der Waals surface area contributed by atoms with E-state index in [0.29, 0.717) is 43.2 Å². The van der Waals surface area contributed by atoms with Crippen molar-refractivity contribution in [3.8, 4) is 23.4 Å². The van der Waals surface area contributed by atoms with Crippen molar-refractivity contribution in [3.63, 3.8) is 0 Å². The Balaban J connectivity index is 1.34. The first-order valence-corrected chi connectivity index (χ1v) is 10.5. The second-order valence-corrected chi connectivity index (χ2v) is 7.65. The van der Waals surface area contributed by atoms with E-state index >= 15 is 0 Å². The molecule has 2 aromatic heterocycles. The Morgan fingerprint density at radius 3 is 2.97 bits per heavy atom. The molecule has 0 aliphatic carbocycles.